The van der Waals surface area contributed by atoms with Crippen molar-refractivity contribution in [3.63, 3.8) is 0 Å². The van der Waals surface area contributed by atoms with E-state index in [-0.39, 0.29) is 37.0 Å². The number of carbonyl (C=O) groups is 1. The second kappa shape index (κ2) is 5.59. The summed E-state index contributed by atoms with van der Waals surface area (Å²) in [5.41, 5.74) is 0.301. The van der Waals surface area contributed by atoms with Gasteiger partial charge in [0.2, 0.25) is 0 Å². The van der Waals surface area contributed by atoms with Crippen molar-refractivity contribution in [1.29, 1.82) is 0 Å². The van der Waals surface area contributed by atoms with E-state index in [4.69, 9.17) is 4.74 Å². The van der Waals surface area contributed by atoms with Gasteiger partial charge in [0.15, 0.2) is 0 Å². The molecule has 0 aromatic carbocycles. The summed E-state index contributed by atoms with van der Waals surface area (Å²) in [4.78, 5) is 12.2. The van der Waals surface area contributed by atoms with Crippen LogP contribution in [0.2, 0.25) is 0 Å². The number of carbonyl (C=O) groups excluding carboxylic acids is 1. The summed E-state index contributed by atoms with van der Waals surface area (Å²) < 4.78 is 9.76. The van der Waals surface area contributed by atoms with Crippen molar-refractivity contribution < 1.29 is 31.0 Å². The SMILES string of the molecule is CC1(OC(=O)C(I)C2N[I-]2)CCCC2(CCCC2)C1. The maximum absolute atomic E-state index is 12.2. The molecule has 1 saturated heterocycles. The molecule has 3 fully saturated rings. The van der Waals surface area contributed by atoms with Crippen LogP contribution in [-0.2, 0) is 9.53 Å². The Morgan fingerprint density at radius 1 is 1.32 bits per heavy atom. The number of esters is 1. The monoisotopic (exact) mass is 490 g/mol. The third kappa shape index (κ3) is 3.39. The molecule has 2 aliphatic carbocycles. The molecule has 3 rings (SSSR count). The molecule has 0 aromatic heterocycles. The van der Waals surface area contributed by atoms with E-state index in [1.807, 2.05) is 0 Å². The predicted molar refractivity (Wildman–Crippen MR) is 78.6 cm³/mol. The summed E-state index contributed by atoms with van der Waals surface area (Å²) in [6.45, 7) is 2.17. The Morgan fingerprint density at radius 3 is 2.58 bits per heavy atom. The van der Waals surface area contributed by atoms with E-state index in [0.29, 0.717) is 9.46 Å². The molecule has 1 spiro atoms. The van der Waals surface area contributed by atoms with Gasteiger partial charge in [-0.15, -0.1) is 0 Å². The van der Waals surface area contributed by atoms with Crippen LogP contribution in [0.5, 0.6) is 0 Å². The molecule has 0 amide bonds. The second-order valence-corrected chi connectivity index (χ2v) is 10.6. The average molecular weight is 490 g/mol. The van der Waals surface area contributed by atoms with Gasteiger partial charge in [-0.05, 0) is 0 Å². The van der Waals surface area contributed by atoms with Crippen molar-refractivity contribution in [2.24, 2.45) is 5.41 Å². The number of rotatable bonds is 3. The molecule has 3 aliphatic rings. The van der Waals surface area contributed by atoms with E-state index in [1.165, 1.54) is 38.5 Å². The van der Waals surface area contributed by atoms with E-state index in [1.54, 1.807) is 0 Å². The second-order valence-electron chi connectivity index (χ2n) is 6.63. The molecule has 3 unspecified atom stereocenters. The Bertz CT molecular complexity index is 366. The van der Waals surface area contributed by atoms with Gasteiger partial charge in [0, 0.05) is 0 Å². The van der Waals surface area contributed by atoms with Crippen molar-refractivity contribution in [3.05, 3.63) is 0 Å². The van der Waals surface area contributed by atoms with Crippen molar-refractivity contribution in [1.82, 2.24) is 3.53 Å². The minimum absolute atomic E-state index is 0.0212. The van der Waals surface area contributed by atoms with Gasteiger partial charge in [0.05, 0.1) is 0 Å². The summed E-state index contributed by atoms with van der Waals surface area (Å²) in [5, 5.41) is 0. The van der Waals surface area contributed by atoms with Crippen LogP contribution in [-0.4, -0.2) is 19.5 Å². The van der Waals surface area contributed by atoms with Crippen molar-refractivity contribution >= 4 is 28.6 Å². The van der Waals surface area contributed by atoms with Crippen LogP contribution >= 0.6 is 22.6 Å². The zero-order chi connectivity index (χ0) is 13.5. The summed E-state index contributed by atoms with van der Waals surface area (Å²) in [6, 6.07) is 0. The molecule has 1 aliphatic heterocycles. The van der Waals surface area contributed by atoms with Crippen LogP contribution in [0.3, 0.4) is 0 Å². The molecule has 2 saturated carbocycles. The first kappa shape index (κ1) is 14.8. The van der Waals surface area contributed by atoms with Gasteiger partial charge >= 0.3 is 140 Å². The van der Waals surface area contributed by atoms with E-state index >= 15 is 0 Å². The van der Waals surface area contributed by atoms with Crippen LogP contribution < -0.4 is 25.0 Å². The third-order valence-electron chi connectivity index (χ3n) is 4.89. The Hall–Kier alpha value is 0.890. The standard InChI is InChI=1S/C14H22I2NO2/c1-13(19-12(18)10(15)11-16-17-11)5-4-8-14(9-13)6-2-3-7-14/h10-11,17H,2-9H2,1H3/q-1. The summed E-state index contributed by atoms with van der Waals surface area (Å²) in [7, 11) is 0. The van der Waals surface area contributed by atoms with E-state index in [9.17, 15) is 4.79 Å². The fourth-order valence-corrected chi connectivity index (χ4v) is 7.10. The first-order valence-corrected chi connectivity index (χ1v) is 10.8. The van der Waals surface area contributed by atoms with Gasteiger partial charge < -0.3 is 0 Å². The molecule has 5 heteroatoms. The van der Waals surface area contributed by atoms with E-state index in [2.05, 4.69) is 33.0 Å². The minimum atomic E-state index is -0.198. The number of ether oxygens (including phenoxy) is 1. The predicted octanol–water partition coefficient (Wildman–Crippen LogP) is 0.160. The van der Waals surface area contributed by atoms with Crippen molar-refractivity contribution in [2.75, 3.05) is 0 Å². The van der Waals surface area contributed by atoms with Gasteiger partial charge in [-0.1, -0.05) is 0 Å². The Morgan fingerprint density at radius 2 is 1.95 bits per heavy atom. The Labute approximate surface area is 139 Å². The summed E-state index contributed by atoms with van der Waals surface area (Å²) in [6.07, 6.45) is 10.2. The van der Waals surface area contributed by atoms with Crippen LogP contribution in [0.4, 0.5) is 0 Å². The van der Waals surface area contributed by atoms with Crippen LogP contribution in [0, 0.1) is 5.41 Å². The number of hydrogen-bond donors (Lipinski definition) is 1. The zero-order valence-corrected chi connectivity index (χ0v) is 15.7. The molecule has 3 atom stereocenters. The third-order valence-corrected chi connectivity index (χ3v) is 9.55. The zero-order valence-electron chi connectivity index (χ0n) is 11.4. The van der Waals surface area contributed by atoms with Crippen LogP contribution in [0.25, 0.3) is 0 Å². The first-order valence-electron chi connectivity index (χ1n) is 7.27. The van der Waals surface area contributed by atoms with Gasteiger partial charge in [-0.2, -0.15) is 0 Å². The number of hydrogen-bond acceptors (Lipinski definition) is 3. The summed E-state index contributed by atoms with van der Waals surface area (Å²) >= 11 is 2.34. The molecule has 0 aromatic rings. The van der Waals surface area contributed by atoms with Crippen LogP contribution in [0.1, 0.15) is 58.3 Å². The topological polar surface area (TPSA) is 48.2 Å². The molecule has 0 bridgehead atoms. The molecular weight excluding hydrogens is 468 g/mol. The van der Waals surface area contributed by atoms with Gasteiger partial charge in [-0.25, -0.2) is 0 Å². The molecule has 19 heavy (non-hydrogen) atoms. The van der Waals surface area contributed by atoms with Crippen LogP contribution in [0.15, 0.2) is 0 Å². The average Bonchev–Trinajstić information content (AvgIpc) is 3.11. The summed E-state index contributed by atoms with van der Waals surface area (Å²) in [5.74, 6) is 0.0212. The number of halogens is 2. The maximum atomic E-state index is 12.2. The van der Waals surface area contributed by atoms with Gasteiger partial charge in [0.25, 0.3) is 0 Å². The van der Waals surface area contributed by atoms with Crippen molar-refractivity contribution in [2.45, 2.75) is 71.9 Å². The number of alkyl halides is 2. The number of nitrogens with one attached hydrogen (secondary N) is 1. The molecule has 1 heterocycles. The van der Waals surface area contributed by atoms with E-state index < -0.39 is 0 Å². The normalized spacial score (nSPS) is 38.5. The van der Waals surface area contributed by atoms with Crippen molar-refractivity contribution in [3.8, 4) is 0 Å². The molecule has 0 radical (unpaired) electrons. The molecule has 3 nitrogen and oxygen atoms in total. The molecule has 1 N–H and O–H groups in total. The van der Waals surface area contributed by atoms with Gasteiger partial charge in [-0.3, -0.25) is 0 Å². The Balaban J connectivity index is 1.63. The fourth-order valence-electron chi connectivity index (χ4n) is 4.01. The van der Waals surface area contributed by atoms with Gasteiger partial charge in [0.1, 0.15) is 0 Å². The Kier molecular flexibility index (Phi) is 4.36. The molecular formula is C14H22I2NO2-. The quantitative estimate of drug-likeness (QED) is 0.153. The fraction of sp³-hybridized carbons (Fsp3) is 0.929. The first-order chi connectivity index (χ1) is 9.02. The molecule has 110 valence electrons. The van der Waals surface area contributed by atoms with E-state index in [0.717, 1.165) is 12.8 Å².